The molecule has 4 heteroatoms. The molecule has 1 aliphatic rings. The van der Waals surface area contributed by atoms with Crippen LogP contribution in [0.4, 0.5) is 0 Å². The Balaban J connectivity index is 1.97. The molecule has 90 valence electrons. The normalized spacial score (nSPS) is 20.0. The molecule has 0 spiro atoms. The van der Waals surface area contributed by atoms with Gasteiger partial charge in [0.25, 0.3) is 0 Å². The summed E-state index contributed by atoms with van der Waals surface area (Å²) in [6.07, 6.45) is 2.41. The first-order chi connectivity index (χ1) is 8.25. The smallest absolute Gasteiger partial charge is 0.154 e. The van der Waals surface area contributed by atoms with Gasteiger partial charge < -0.3 is 9.73 Å². The molecule has 0 bridgehead atoms. The average molecular weight is 231 g/mol. The Morgan fingerprint density at radius 3 is 2.88 bits per heavy atom. The van der Waals surface area contributed by atoms with Crippen LogP contribution in [0.3, 0.4) is 0 Å². The van der Waals surface area contributed by atoms with E-state index >= 15 is 0 Å². The van der Waals surface area contributed by atoms with Gasteiger partial charge in [-0.15, -0.1) is 0 Å². The van der Waals surface area contributed by atoms with Crippen LogP contribution in [0.25, 0.3) is 11.5 Å². The van der Waals surface area contributed by atoms with E-state index in [0.29, 0.717) is 6.04 Å². The molecule has 1 saturated heterocycles. The standard InChI is InChI=1S/C13H17N3O/c1-8-5-6-11(17-8)13-9(2)12(15-16-13)10-4-3-7-14-10/h5-6,10,14H,3-4,7H2,1-2H3,(H,15,16). The van der Waals surface area contributed by atoms with Gasteiger partial charge in [0.2, 0.25) is 0 Å². The van der Waals surface area contributed by atoms with Crippen LogP contribution in [0.15, 0.2) is 16.5 Å². The van der Waals surface area contributed by atoms with Crippen molar-refractivity contribution in [3.05, 3.63) is 29.2 Å². The molecule has 3 heterocycles. The molecule has 0 aromatic carbocycles. The van der Waals surface area contributed by atoms with Crippen LogP contribution in [0.5, 0.6) is 0 Å². The van der Waals surface area contributed by atoms with E-state index in [1.54, 1.807) is 0 Å². The zero-order valence-electron chi connectivity index (χ0n) is 10.2. The van der Waals surface area contributed by atoms with Crippen LogP contribution in [0.2, 0.25) is 0 Å². The lowest BCUT2D eigenvalue weighted by Gasteiger charge is -2.08. The molecule has 0 amide bonds. The summed E-state index contributed by atoms with van der Waals surface area (Å²) < 4.78 is 5.62. The third-order valence-corrected chi connectivity index (χ3v) is 3.43. The number of aromatic nitrogens is 2. The zero-order valence-corrected chi connectivity index (χ0v) is 10.2. The Morgan fingerprint density at radius 1 is 1.35 bits per heavy atom. The largest absolute Gasteiger partial charge is 0.460 e. The van der Waals surface area contributed by atoms with Gasteiger partial charge in [-0.05, 0) is 45.4 Å². The molecule has 2 N–H and O–H groups in total. The molecule has 0 radical (unpaired) electrons. The molecule has 1 unspecified atom stereocenters. The fourth-order valence-corrected chi connectivity index (χ4v) is 2.48. The third-order valence-electron chi connectivity index (χ3n) is 3.43. The van der Waals surface area contributed by atoms with Gasteiger partial charge in [-0.1, -0.05) is 0 Å². The van der Waals surface area contributed by atoms with Crippen LogP contribution in [-0.4, -0.2) is 16.7 Å². The van der Waals surface area contributed by atoms with Crippen molar-refractivity contribution in [2.75, 3.05) is 6.54 Å². The first kappa shape index (κ1) is 10.6. The van der Waals surface area contributed by atoms with Crippen LogP contribution < -0.4 is 5.32 Å². The van der Waals surface area contributed by atoms with Crippen molar-refractivity contribution in [1.82, 2.24) is 15.5 Å². The first-order valence-corrected chi connectivity index (χ1v) is 6.11. The van der Waals surface area contributed by atoms with E-state index in [-0.39, 0.29) is 0 Å². The molecule has 1 fully saturated rings. The fourth-order valence-electron chi connectivity index (χ4n) is 2.48. The van der Waals surface area contributed by atoms with Crippen molar-refractivity contribution in [2.24, 2.45) is 0 Å². The summed E-state index contributed by atoms with van der Waals surface area (Å²) in [7, 11) is 0. The summed E-state index contributed by atoms with van der Waals surface area (Å²) in [4.78, 5) is 0. The number of aryl methyl sites for hydroxylation is 1. The first-order valence-electron chi connectivity index (χ1n) is 6.11. The molecule has 4 nitrogen and oxygen atoms in total. The van der Waals surface area contributed by atoms with Gasteiger partial charge in [0.1, 0.15) is 11.5 Å². The van der Waals surface area contributed by atoms with Crippen molar-refractivity contribution in [3.8, 4) is 11.5 Å². The Bertz CT molecular complexity index is 521. The van der Waals surface area contributed by atoms with Crippen molar-refractivity contribution >= 4 is 0 Å². The molecule has 1 aliphatic heterocycles. The highest BCUT2D eigenvalue weighted by molar-refractivity contribution is 5.58. The SMILES string of the molecule is Cc1ccc(-c2n[nH]c(C3CCCN3)c2C)o1. The van der Waals surface area contributed by atoms with Crippen molar-refractivity contribution in [1.29, 1.82) is 0 Å². The van der Waals surface area contributed by atoms with Crippen LogP contribution in [0, 0.1) is 13.8 Å². The summed E-state index contributed by atoms with van der Waals surface area (Å²) in [6, 6.07) is 4.37. The highest BCUT2D eigenvalue weighted by Crippen LogP contribution is 2.30. The van der Waals surface area contributed by atoms with Crippen molar-refractivity contribution in [3.63, 3.8) is 0 Å². The number of hydrogen-bond acceptors (Lipinski definition) is 3. The maximum absolute atomic E-state index is 5.62. The van der Waals surface area contributed by atoms with Gasteiger partial charge in [-0.2, -0.15) is 5.10 Å². The minimum atomic E-state index is 0.423. The van der Waals surface area contributed by atoms with E-state index in [4.69, 9.17) is 4.42 Å². The van der Waals surface area contributed by atoms with E-state index in [2.05, 4.69) is 22.4 Å². The summed E-state index contributed by atoms with van der Waals surface area (Å²) >= 11 is 0. The number of H-pyrrole nitrogens is 1. The van der Waals surface area contributed by atoms with Crippen molar-refractivity contribution in [2.45, 2.75) is 32.7 Å². The van der Waals surface area contributed by atoms with Gasteiger partial charge in [-0.25, -0.2) is 0 Å². The molecule has 0 aliphatic carbocycles. The average Bonchev–Trinajstić information content (AvgIpc) is 2.98. The number of aromatic amines is 1. The maximum Gasteiger partial charge on any atom is 0.154 e. The second kappa shape index (κ2) is 4.04. The molecule has 3 rings (SSSR count). The Hall–Kier alpha value is -1.55. The van der Waals surface area contributed by atoms with E-state index in [1.165, 1.54) is 24.1 Å². The Kier molecular flexibility index (Phi) is 2.52. The van der Waals surface area contributed by atoms with E-state index in [0.717, 1.165) is 23.8 Å². The molecule has 17 heavy (non-hydrogen) atoms. The molecular formula is C13H17N3O. The monoisotopic (exact) mass is 231 g/mol. The number of nitrogens with zero attached hydrogens (tertiary/aromatic N) is 1. The summed E-state index contributed by atoms with van der Waals surface area (Å²) in [5, 5.41) is 11.0. The number of furan rings is 1. The molecular weight excluding hydrogens is 214 g/mol. The fraction of sp³-hybridized carbons (Fsp3) is 0.462. The lowest BCUT2D eigenvalue weighted by atomic mass is 10.1. The van der Waals surface area contributed by atoms with Crippen LogP contribution in [-0.2, 0) is 0 Å². The number of hydrogen-bond donors (Lipinski definition) is 2. The molecule has 2 aromatic rings. The van der Waals surface area contributed by atoms with Crippen LogP contribution in [0.1, 0.15) is 35.9 Å². The quantitative estimate of drug-likeness (QED) is 0.835. The lowest BCUT2D eigenvalue weighted by Crippen LogP contribution is -2.14. The summed E-state index contributed by atoms with van der Waals surface area (Å²) in [5.74, 6) is 1.77. The second-order valence-corrected chi connectivity index (χ2v) is 4.67. The molecule has 0 saturated carbocycles. The highest BCUT2D eigenvalue weighted by Gasteiger charge is 2.22. The van der Waals surface area contributed by atoms with Crippen molar-refractivity contribution < 1.29 is 4.42 Å². The van der Waals surface area contributed by atoms with Gasteiger partial charge >= 0.3 is 0 Å². The predicted molar refractivity (Wildman–Crippen MR) is 65.7 cm³/mol. The molecule has 2 aromatic heterocycles. The third kappa shape index (κ3) is 1.78. The topological polar surface area (TPSA) is 53.9 Å². The van der Waals surface area contributed by atoms with Gasteiger partial charge in [0.15, 0.2) is 5.76 Å². The second-order valence-electron chi connectivity index (χ2n) is 4.67. The van der Waals surface area contributed by atoms with Gasteiger partial charge in [0, 0.05) is 11.6 Å². The highest BCUT2D eigenvalue weighted by atomic mass is 16.3. The van der Waals surface area contributed by atoms with E-state index < -0.39 is 0 Å². The summed E-state index contributed by atoms with van der Waals surface area (Å²) in [6.45, 7) is 5.15. The Labute approximate surface area is 100 Å². The van der Waals surface area contributed by atoms with Crippen LogP contribution >= 0.6 is 0 Å². The number of nitrogens with one attached hydrogen (secondary N) is 2. The van der Waals surface area contributed by atoms with E-state index in [1.807, 2.05) is 19.1 Å². The van der Waals surface area contributed by atoms with Gasteiger partial charge in [-0.3, -0.25) is 5.10 Å². The minimum absolute atomic E-state index is 0.423. The zero-order chi connectivity index (χ0) is 11.8. The number of rotatable bonds is 2. The molecule has 1 atom stereocenters. The van der Waals surface area contributed by atoms with E-state index in [9.17, 15) is 0 Å². The van der Waals surface area contributed by atoms with Gasteiger partial charge in [0.05, 0.1) is 5.69 Å². The Morgan fingerprint density at radius 2 is 2.24 bits per heavy atom. The summed E-state index contributed by atoms with van der Waals surface area (Å²) in [5.41, 5.74) is 3.33. The maximum atomic E-state index is 5.62. The predicted octanol–water partition coefficient (Wildman–Crippen LogP) is 2.71. The minimum Gasteiger partial charge on any atom is -0.460 e. The lowest BCUT2D eigenvalue weighted by molar-refractivity contribution is 0.546.